The molecule has 17 nitrogen and oxygen atoms in total. The number of nitrogens with zero attached hydrogens (tertiary/aromatic N) is 7. The summed E-state index contributed by atoms with van der Waals surface area (Å²) >= 11 is 12.7. The molecule has 0 unspecified atom stereocenters. The molecule has 1 fully saturated rings. The molecule has 0 radical (unpaired) electrons. The van der Waals surface area contributed by atoms with Crippen molar-refractivity contribution in [2.24, 2.45) is 13.0 Å². The standard InChI is InChI=1S/C53H67Cl2N9O8/c1-35(56-29-37-16-19-40(55)27-46(37)71-42-20-21-43(57-30-42)45-31-58-47(61(45)7)32-60(5)6)49(66)59-44(33-70-9)51(68)62(8)53(28-36-14-17-39(54)18-15-36)22-12-23-63(34-53)50(67)38(26-48(65)72-52(2,3)4)25-41-13-10-11-24-64(41)69/h10-11,13-21,24,27,30-31,35,38,44,56H,12,22-23,25-26,28-29,32-34H2,1-9H3,(H,59,66)/t35-,38+,44-,53+/m0/s1. The highest BCUT2D eigenvalue weighted by Crippen LogP contribution is 2.34. The first-order valence-corrected chi connectivity index (χ1v) is 24.7. The molecule has 1 saturated heterocycles. The van der Waals surface area contributed by atoms with Crippen molar-refractivity contribution >= 4 is 46.9 Å². The van der Waals surface area contributed by atoms with Crippen LogP contribution in [0.25, 0.3) is 11.4 Å². The van der Waals surface area contributed by atoms with E-state index < -0.39 is 46.9 Å². The summed E-state index contributed by atoms with van der Waals surface area (Å²) in [6.45, 7) is 8.17. The summed E-state index contributed by atoms with van der Waals surface area (Å²) < 4.78 is 20.2. The third-order valence-electron chi connectivity index (χ3n) is 12.6. The predicted molar refractivity (Wildman–Crippen MR) is 275 cm³/mol. The van der Waals surface area contributed by atoms with Gasteiger partial charge in [0.05, 0.1) is 60.9 Å². The Bertz CT molecular complexity index is 2660. The minimum Gasteiger partial charge on any atom is -0.619 e. The molecule has 0 bridgehead atoms. The number of piperidine rings is 1. The number of methoxy groups -OCH3 is 1. The SMILES string of the molecule is COC[C@H](NC(=O)[C@H](C)NCc1ccc(Cl)cc1Oc1ccc(-c2cnc(CN(C)C)n2C)nc1)C(=O)N(C)[C@@]1(Cc2ccc(Cl)cc2)CCCN(C(=O)[C@@H](CC(=O)OC(C)(C)C)Cc2cccc[n+]2[O-])C1. The number of aromatic nitrogens is 4. The van der Waals surface area contributed by atoms with Gasteiger partial charge in [-0.2, -0.15) is 4.73 Å². The Morgan fingerprint density at radius 2 is 1.71 bits per heavy atom. The lowest BCUT2D eigenvalue weighted by Gasteiger charge is -2.49. The summed E-state index contributed by atoms with van der Waals surface area (Å²) in [6.07, 6.45) is 5.90. The van der Waals surface area contributed by atoms with E-state index in [1.54, 1.807) is 99.4 Å². The Labute approximate surface area is 432 Å². The molecule has 72 heavy (non-hydrogen) atoms. The fourth-order valence-electron chi connectivity index (χ4n) is 8.85. The molecule has 0 spiro atoms. The smallest absolute Gasteiger partial charge is 0.307 e. The van der Waals surface area contributed by atoms with Gasteiger partial charge in [-0.3, -0.25) is 24.2 Å². The van der Waals surface area contributed by atoms with Crippen LogP contribution < -0.4 is 20.1 Å². The molecule has 4 atom stereocenters. The van der Waals surface area contributed by atoms with Crippen LogP contribution in [0.3, 0.4) is 0 Å². The van der Waals surface area contributed by atoms with E-state index in [1.165, 1.54) is 13.3 Å². The lowest BCUT2D eigenvalue weighted by molar-refractivity contribution is -0.614. The average molecular weight is 1030 g/mol. The highest BCUT2D eigenvalue weighted by Gasteiger charge is 2.46. The van der Waals surface area contributed by atoms with E-state index in [2.05, 4.69) is 20.6 Å². The quantitative estimate of drug-likeness (QED) is 0.0460. The molecule has 6 rings (SSSR count). The van der Waals surface area contributed by atoms with Crippen LogP contribution in [0.1, 0.15) is 69.6 Å². The largest absolute Gasteiger partial charge is 0.619 e. The van der Waals surface area contributed by atoms with Gasteiger partial charge in [0.15, 0.2) is 11.9 Å². The second-order valence-corrected chi connectivity index (χ2v) is 20.6. The van der Waals surface area contributed by atoms with Crippen molar-refractivity contribution in [3.63, 3.8) is 0 Å². The van der Waals surface area contributed by atoms with Gasteiger partial charge in [-0.15, -0.1) is 0 Å². The molecule has 386 valence electrons. The van der Waals surface area contributed by atoms with Gasteiger partial charge in [0.2, 0.25) is 17.7 Å². The Balaban J connectivity index is 1.17. The summed E-state index contributed by atoms with van der Waals surface area (Å²) in [7, 11) is 9.06. The van der Waals surface area contributed by atoms with Crippen LogP contribution in [0.15, 0.2) is 91.4 Å². The summed E-state index contributed by atoms with van der Waals surface area (Å²) in [4.78, 5) is 71.3. The minimum absolute atomic E-state index is 0.00448. The fourth-order valence-corrected chi connectivity index (χ4v) is 9.14. The Hall–Kier alpha value is -6.11. The van der Waals surface area contributed by atoms with Gasteiger partial charge in [0.25, 0.3) is 0 Å². The summed E-state index contributed by atoms with van der Waals surface area (Å²) in [5.74, 6) is -0.844. The number of nitrogens with one attached hydrogen (secondary N) is 2. The second kappa shape index (κ2) is 24.5. The highest BCUT2D eigenvalue weighted by molar-refractivity contribution is 6.31. The van der Waals surface area contributed by atoms with Gasteiger partial charge in [0.1, 0.15) is 29.0 Å². The van der Waals surface area contributed by atoms with Gasteiger partial charge in [-0.25, -0.2) is 4.98 Å². The van der Waals surface area contributed by atoms with Crippen molar-refractivity contribution in [2.45, 2.75) is 96.1 Å². The normalized spacial score (nSPS) is 16.2. The number of pyridine rings is 2. The maximum Gasteiger partial charge on any atom is 0.307 e. The predicted octanol–water partition coefficient (Wildman–Crippen LogP) is 6.54. The van der Waals surface area contributed by atoms with E-state index in [9.17, 15) is 24.4 Å². The van der Waals surface area contributed by atoms with Gasteiger partial charge in [-0.05, 0) is 103 Å². The number of carbonyl (C=O) groups excluding carboxylic acids is 4. The number of likely N-dealkylation sites (tertiary alicyclic amines) is 1. The van der Waals surface area contributed by atoms with E-state index in [1.807, 2.05) is 60.9 Å². The maximum atomic E-state index is 14.8. The molecule has 5 aromatic rings. The van der Waals surface area contributed by atoms with Crippen molar-refractivity contribution < 1.29 is 38.1 Å². The van der Waals surface area contributed by atoms with E-state index in [-0.39, 0.29) is 38.4 Å². The lowest BCUT2D eigenvalue weighted by atomic mass is 9.80. The molecule has 0 saturated carbocycles. The molecule has 0 aliphatic carbocycles. The zero-order valence-electron chi connectivity index (χ0n) is 42.6. The third-order valence-corrected chi connectivity index (χ3v) is 13.1. The summed E-state index contributed by atoms with van der Waals surface area (Å²) in [6, 6.07) is 19.3. The molecule has 2 N–H and O–H groups in total. The Morgan fingerprint density at radius 3 is 2.38 bits per heavy atom. The number of hydrogen-bond acceptors (Lipinski definition) is 12. The van der Waals surface area contributed by atoms with Gasteiger partial charge >= 0.3 is 5.97 Å². The molecular formula is C53H67Cl2N9O8. The van der Waals surface area contributed by atoms with Crippen LogP contribution in [0.5, 0.6) is 11.5 Å². The molecule has 19 heteroatoms. The van der Waals surface area contributed by atoms with E-state index >= 15 is 0 Å². The van der Waals surface area contributed by atoms with Crippen molar-refractivity contribution in [2.75, 3.05) is 47.9 Å². The van der Waals surface area contributed by atoms with Crippen LogP contribution in [-0.4, -0.2) is 124 Å². The number of imidazole rings is 1. The van der Waals surface area contributed by atoms with Crippen LogP contribution in [0.2, 0.25) is 10.0 Å². The number of rotatable bonds is 21. The number of esters is 1. The van der Waals surface area contributed by atoms with Crippen molar-refractivity contribution in [3.05, 3.63) is 129 Å². The van der Waals surface area contributed by atoms with Crippen LogP contribution in [-0.2, 0) is 61.6 Å². The first-order chi connectivity index (χ1) is 34.1. The van der Waals surface area contributed by atoms with Crippen LogP contribution >= 0.6 is 23.2 Å². The lowest BCUT2D eigenvalue weighted by Crippen LogP contribution is -2.65. The number of halogens is 2. The summed E-state index contributed by atoms with van der Waals surface area (Å²) in [5.41, 5.74) is 1.76. The number of likely N-dealkylation sites (N-methyl/N-ethyl adjacent to an activating group) is 1. The number of ether oxygens (including phenoxy) is 3. The molecule has 1 aliphatic heterocycles. The fraction of sp³-hybridized carbons (Fsp3) is 0.453. The van der Waals surface area contributed by atoms with Crippen LogP contribution in [0.4, 0.5) is 0 Å². The number of benzene rings is 2. The first kappa shape index (κ1) is 55.2. The third kappa shape index (κ3) is 14.7. The summed E-state index contributed by atoms with van der Waals surface area (Å²) in [5, 5.41) is 20.0. The Kier molecular flexibility index (Phi) is 18.8. The average Bonchev–Trinajstić information content (AvgIpc) is 3.69. The molecule has 3 aromatic heterocycles. The van der Waals surface area contributed by atoms with Crippen molar-refractivity contribution in [1.29, 1.82) is 0 Å². The van der Waals surface area contributed by atoms with E-state index in [4.69, 9.17) is 37.4 Å². The highest BCUT2D eigenvalue weighted by atomic mass is 35.5. The van der Waals surface area contributed by atoms with Gasteiger partial charge in [-0.1, -0.05) is 47.5 Å². The van der Waals surface area contributed by atoms with Crippen LogP contribution in [0, 0.1) is 11.1 Å². The van der Waals surface area contributed by atoms with Gasteiger partial charge in [0, 0.05) is 75.0 Å². The maximum absolute atomic E-state index is 14.8. The number of hydrogen-bond donors (Lipinski definition) is 2. The Morgan fingerprint density at radius 1 is 0.972 bits per heavy atom. The number of carbonyl (C=O) groups is 4. The van der Waals surface area contributed by atoms with Crippen molar-refractivity contribution in [3.8, 4) is 22.9 Å². The van der Waals surface area contributed by atoms with E-state index in [0.29, 0.717) is 64.3 Å². The minimum atomic E-state index is -1.11. The first-order valence-electron chi connectivity index (χ1n) is 24.0. The zero-order valence-corrected chi connectivity index (χ0v) is 44.1. The monoisotopic (exact) mass is 1030 g/mol. The van der Waals surface area contributed by atoms with E-state index in [0.717, 1.165) is 28.3 Å². The molecular weight excluding hydrogens is 962 g/mol. The zero-order chi connectivity index (χ0) is 52.3. The number of amides is 3. The van der Waals surface area contributed by atoms with Gasteiger partial charge < -0.3 is 49.3 Å². The molecule has 3 amide bonds. The van der Waals surface area contributed by atoms with Crippen molar-refractivity contribution in [1.82, 2.24) is 39.9 Å². The second-order valence-electron chi connectivity index (χ2n) is 19.7. The molecule has 2 aromatic carbocycles. The topological polar surface area (TPSA) is 187 Å². The molecule has 1 aliphatic rings. The molecule has 4 heterocycles.